The number of nitrogens with one attached hydrogen (secondary N) is 1. The van der Waals surface area contributed by atoms with Crippen LogP contribution in [-0.2, 0) is 11.3 Å². The van der Waals surface area contributed by atoms with E-state index >= 15 is 0 Å². The van der Waals surface area contributed by atoms with Gasteiger partial charge in [0.05, 0.1) is 23.6 Å². The van der Waals surface area contributed by atoms with E-state index in [0.717, 1.165) is 23.1 Å². The lowest BCUT2D eigenvalue weighted by atomic mass is 10.3. The number of fused-ring (bicyclic) bond motifs is 3. The predicted molar refractivity (Wildman–Crippen MR) is 131 cm³/mol. The number of nitrogens with zero attached hydrogens (tertiary/aromatic N) is 3. The molecule has 32 heavy (non-hydrogen) atoms. The van der Waals surface area contributed by atoms with Gasteiger partial charge >= 0.3 is 0 Å². The fourth-order valence-electron chi connectivity index (χ4n) is 3.33. The minimum atomic E-state index is -0.185. The van der Waals surface area contributed by atoms with Crippen LogP contribution in [0.15, 0.2) is 52.5 Å². The number of hydrogen-bond donors (Lipinski definition) is 1. The Balaban J connectivity index is 1.62. The Morgan fingerprint density at radius 1 is 1.22 bits per heavy atom. The molecule has 3 aromatic heterocycles. The Bertz CT molecular complexity index is 1320. The summed E-state index contributed by atoms with van der Waals surface area (Å²) in [7, 11) is 0. The van der Waals surface area contributed by atoms with Crippen LogP contribution in [-0.4, -0.2) is 32.8 Å². The van der Waals surface area contributed by atoms with Gasteiger partial charge < -0.3 is 10.1 Å². The second-order valence-corrected chi connectivity index (χ2v) is 9.05. The third kappa shape index (κ3) is 4.63. The van der Waals surface area contributed by atoms with E-state index in [4.69, 9.17) is 9.72 Å². The maximum atomic E-state index is 13.3. The van der Waals surface area contributed by atoms with Crippen molar-refractivity contribution in [2.75, 3.05) is 17.7 Å². The molecule has 3 heterocycles. The first-order chi connectivity index (χ1) is 15.6. The van der Waals surface area contributed by atoms with Gasteiger partial charge in [-0.1, -0.05) is 37.2 Å². The van der Waals surface area contributed by atoms with Gasteiger partial charge in [-0.2, -0.15) is 0 Å². The standard InChI is InChI=1S/C23H24N4O3S2/c1-3-5-13-27-22(29)20-19(15-9-8-12-24-21(15)32-20)26-23(27)31-14-18(28)25-16-10-6-7-11-17(16)30-4-2/h6-12H,3-5,13-14H2,1-2H3,(H,25,28). The normalized spacial score (nSPS) is 11.2. The summed E-state index contributed by atoms with van der Waals surface area (Å²) in [6.07, 6.45) is 3.53. The first kappa shape index (κ1) is 22.3. The number of thioether (sulfide) groups is 1. The lowest BCUT2D eigenvalue weighted by molar-refractivity contribution is -0.113. The maximum Gasteiger partial charge on any atom is 0.272 e. The molecule has 7 nitrogen and oxygen atoms in total. The smallest absolute Gasteiger partial charge is 0.272 e. The lowest BCUT2D eigenvalue weighted by Crippen LogP contribution is -2.23. The van der Waals surface area contributed by atoms with E-state index in [2.05, 4.69) is 17.2 Å². The highest BCUT2D eigenvalue weighted by Crippen LogP contribution is 2.31. The molecule has 4 rings (SSSR count). The predicted octanol–water partition coefficient (Wildman–Crippen LogP) is 4.94. The average Bonchev–Trinajstić information content (AvgIpc) is 3.18. The van der Waals surface area contributed by atoms with Gasteiger partial charge in [0, 0.05) is 18.1 Å². The zero-order chi connectivity index (χ0) is 22.5. The van der Waals surface area contributed by atoms with Crippen LogP contribution in [0.25, 0.3) is 20.4 Å². The molecule has 0 unspecified atom stereocenters. The quantitative estimate of drug-likeness (QED) is 0.277. The van der Waals surface area contributed by atoms with E-state index in [0.29, 0.717) is 40.0 Å². The molecule has 166 valence electrons. The Labute approximate surface area is 193 Å². The summed E-state index contributed by atoms with van der Waals surface area (Å²) in [5.74, 6) is 0.575. The number of anilines is 1. The SMILES string of the molecule is CCCCn1c(SCC(=O)Nc2ccccc2OCC)nc2c(sc3ncccc32)c1=O. The summed E-state index contributed by atoms with van der Waals surface area (Å²) in [5, 5.41) is 4.31. The first-order valence-electron chi connectivity index (χ1n) is 10.5. The number of ether oxygens (including phenoxy) is 1. The number of pyridine rings is 1. The van der Waals surface area contributed by atoms with Gasteiger partial charge in [-0.15, -0.1) is 11.3 Å². The molecular weight excluding hydrogens is 444 g/mol. The topological polar surface area (TPSA) is 86.1 Å². The number of carbonyl (C=O) groups excluding carboxylic acids is 1. The molecule has 0 spiro atoms. The van der Waals surface area contributed by atoms with Gasteiger partial charge in [0.25, 0.3) is 5.56 Å². The number of para-hydroxylation sites is 2. The molecule has 0 saturated heterocycles. The van der Waals surface area contributed by atoms with E-state index in [-0.39, 0.29) is 17.2 Å². The van der Waals surface area contributed by atoms with Crippen LogP contribution in [0.3, 0.4) is 0 Å². The molecule has 0 aliphatic carbocycles. The van der Waals surface area contributed by atoms with Crippen molar-refractivity contribution < 1.29 is 9.53 Å². The minimum Gasteiger partial charge on any atom is -0.492 e. The molecule has 0 aliphatic rings. The highest BCUT2D eigenvalue weighted by Gasteiger charge is 2.18. The number of thiophene rings is 1. The zero-order valence-electron chi connectivity index (χ0n) is 18.0. The van der Waals surface area contributed by atoms with E-state index in [1.165, 1.54) is 23.1 Å². The Morgan fingerprint density at radius 2 is 2.06 bits per heavy atom. The Hall–Kier alpha value is -2.91. The summed E-state index contributed by atoms with van der Waals surface area (Å²) in [4.78, 5) is 35.9. The van der Waals surface area contributed by atoms with Crippen molar-refractivity contribution in [3.05, 3.63) is 52.9 Å². The van der Waals surface area contributed by atoms with Crippen LogP contribution in [0.4, 0.5) is 5.69 Å². The van der Waals surface area contributed by atoms with Gasteiger partial charge in [-0.05, 0) is 37.6 Å². The fourth-order valence-corrected chi connectivity index (χ4v) is 5.18. The number of rotatable bonds is 9. The van der Waals surface area contributed by atoms with E-state index in [9.17, 15) is 9.59 Å². The van der Waals surface area contributed by atoms with Crippen LogP contribution in [0, 0.1) is 0 Å². The Kier molecular flexibility index (Phi) is 7.06. The molecule has 0 bridgehead atoms. The van der Waals surface area contributed by atoms with Crippen LogP contribution >= 0.6 is 23.1 Å². The number of aromatic nitrogens is 3. The minimum absolute atomic E-state index is 0.0731. The molecule has 1 aromatic carbocycles. The van der Waals surface area contributed by atoms with Crippen molar-refractivity contribution in [2.24, 2.45) is 0 Å². The Morgan fingerprint density at radius 3 is 2.88 bits per heavy atom. The summed E-state index contributed by atoms with van der Waals surface area (Å²) < 4.78 is 7.87. The summed E-state index contributed by atoms with van der Waals surface area (Å²) in [6.45, 7) is 5.06. The fraction of sp³-hybridized carbons (Fsp3) is 0.304. The molecule has 1 N–H and O–H groups in total. The molecule has 0 fully saturated rings. The van der Waals surface area contributed by atoms with Gasteiger partial charge in [-0.25, -0.2) is 9.97 Å². The number of amides is 1. The van der Waals surface area contributed by atoms with Gasteiger partial charge in [0.1, 0.15) is 15.3 Å². The van der Waals surface area contributed by atoms with Crippen LogP contribution in [0.5, 0.6) is 5.75 Å². The molecule has 1 amide bonds. The largest absolute Gasteiger partial charge is 0.492 e. The summed E-state index contributed by atoms with van der Waals surface area (Å²) in [5.41, 5.74) is 1.21. The van der Waals surface area contributed by atoms with Crippen molar-refractivity contribution in [1.82, 2.24) is 14.5 Å². The highest BCUT2D eigenvalue weighted by atomic mass is 32.2. The number of carbonyl (C=O) groups is 1. The summed E-state index contributed by atoms with van der Waals surface area (Å²) in [6, 6.07) is 11.1. The second-order valence-electron chi connectivity index (χ2n) is 7.11. The van der Waals surface area contributed by atoms with Gasteiger partial charge in [0.2, 0.25) is 5.91 Å². The highest BCUT2D eigenvalue weighted by molar-refractivity contribution is 7.99. The maximum absolute atomic E-state index is 13.3. The molecule has 0 saturated carbocycles. The lowest BCUT2D eigenvalue weighted by Gasteiger charge is -2.13. The summed E-state index contributed by atoms with van der Waals surface area (Å²) >= 11 is 2.64. The van der Waals surface area contributed by atoms with Crippen LogP contribution in [0.2, 0.25) is 0 Å². The first-order valence-corrected chi connectivity index (χ1v) is 12.3. The van der Waals surface area contributed by atoms with Crippen molar-refractivity contribution in [3.63, 3.8) is 0 Å². The van der Waals surface area contributed by atoms with E-state index < -0.39 is 0 Å². The molecule has 9 heteroatoms. The van der Waals surface area contributed by atoms with Crippen molar-refractivity contribution >= 4 is 55.1 Å². The van der Waals surface area contributed by atoms with E-state index in [1.54, 1.807) is 16.8 Å². The van der Waals surface area contributed by atoms with Crippen LogP contribution < -0.4 is 15.6 Å². The molecule has 0 radical (unpaired) electrons. The third-order valence-electron chi connectivity index (χ3n) is 4.85. The third-order valence-corrected chi connectivity index (χ3v) is 6.91. The molecule has 0 atom stereocenters. The second kappa shape index (κ2) is 10.1. The van der Waals surface area contributed by atoms with Gasteiger partial charge in [0.15, 0.2) is 5.16 Å². The van der Waals surface area contributed by atoms with E-state index in [1.807, 2.05) is 37.3 Å². The monoisotopic (exact) mass is 468 g/mol. The molecule has 0 aliphatic heterocycles. The van der Waals surface area contributed by atoms with Crippen molar-refractivity contribution in [2.45, 2.75) is 38.4 Å². The molecular formula is C23H24N4O3S2. The number of hydrogen-bond acceptors (Lipinski definition) is 7. The number of unbranched alkanes of at least 4 members (excludes halogenated alkanes) is 1. The number of benzene rings is 1. The van der Waals surface area contributed by atoms with Crippen LogP contribution in [0.1, 0.15) is 26.7 Å². The zero-order valence-corrected chi connectivity index (χ0v) is 19.6. The average molecular weight is 469 g/mol. The van der Waals surface area contributed by atoms with Gasteiger partial charge in [-0.3, -0.25) is 14.2 Å². The molecule has 4 aromatic rings. The van der Waals surface area contributed by atoms with Crippen molar-refractivity contribution in [3.8, 4) is 5.75 Å². The van der Waals surface area contributed by atoms with Crippen molar-refractivity contribution in [1.29, 1.82) is 0 Å².